The van der Waals surface area contributed by atoms with Gasteiger partial charge in [-0.05, 0) is 54.6 Å². The monoisotopic (exact) mass is 362 g/mol. The van der Waals surface area contributed by atoms with E-state index in [1.807, 2.05) is 6.07 Å². The van der Waals surface area contributed by atoms with Crippen molar-refractivity contribution in [1.29, 1.82) is 0 Å². The van der Waals surface area contributed by atoms with Gasteiger partial charge in [-0.3, -0.25) is 14.5 Å². The van der Waals surface area contributed by atoms with Gasteiger partial charge in [0.1, 0.15) is 18.2 Å². The van der Waals surface area contributed by atoms with Crippen molar-refractivity contribution in [1.82, 2.24) is 20.1 Å². The highest BCUT2D eigenvalue weighted by Gasteiger charge is 2.29. The Morgan fingerprint density at radius 2 is 2.32 bits per heavy atom. The Balaban J connectivity index is 1.79. The van der Waals surface area contributed by atoms with Crippen molar-refractivity contribution in [2.24, 2.45) is 5.92 Å². The van der Waals surface area contributed by atoms with Gasteiger partial charge in [0.25, 0.3) is 0 Å². The van der Waals surface area contributed by atoms with E-state index in [2.05, 4.69) is 29.4 Å². The fourth-order valence-corrected chi connectivity index (χ4v) is 3.70. The van der Waals surface area contributed by atoms with Gasteiger partial charge >= 0.3 is 0 Å². The quantitative estimate of drug-likeness (QED) is 0.801. The van der Waals surface area contributed by atoms with Crippen LogP contribution in [0.2, 0.25) is 0 Å². The Morgan fingerprint density at radius 1 is 1.52 bits per heavy atom. The van der Waals surface area contributed by atoms with Gasteiger partial charge in [-0.15, -0.1) is 0 Å². The van der Waals surface area contributed by atoms with E-state index in [1.54, 1.807) is 10.6 Å². The minimum atomic E-state index is -0.189. The number of hydrogen-bond acceptors (Lipinski definition) is 3. The first-order valence-corrected chi connectivity index (χ1v) is 9.12. The number of H-pyrrole nitrogens is 1. The second kappa shape index (κ2) is 7.47. The van der Waals surface area contributed by atoms with E-state index in [4.69, 9.17) is 12.2 Å². The lowest BCUT2D eigenvalue weighted by molar-refractivity contribution is -0.122. The number of carbonyl (C=O) groups is 1. The van der Waals surface area contributed by atoms with Crippen LogP contribution in [-0.4, -0.2) is 20.7 Å². The number of rotatable bonds is 5. The number of benzene rings is 1. The smallest absolute Gasteiger partial charge is 0.240 e. The molecule has 0 radical (unpaired) electrons. The molecule has 1 aliphatic rings. The van der Waals surface area contributed by atoms with E-state index < -0.39 is 0 Å². The summed E-state index contributed by atoms with van der Waals surface area (Å²) in [7, 11) is 0. The molecule has 0 bridgehead atoms. The maximum atomic E-state index is 14.1. The van der Waals surface area contributed by atoms with E-state index in [9.17, 15) is 9.18 Å². The molecule has 0 unspecified atom stereocenters. The lowest BCUT2D eigenvalue weighted by Gasteiger charge is -2.32. The van der Waals surface area contributed by atoms with E-state index in [1.165, 1.54) is 6.07 Å². The second-order valence-corrected chi connectivity index (χ2v) is 7.04. The third-order valence-corrected chi connectivity index (χ3v) is 5.15. The van der Waals surface area contributed by atoms with Crippen molar-refractivity contribution >= 4 is 18.1 Å². The molecule has 134 valence electrons. The molecule has 1 aliphatic carbocycles. The molecule has 1 aromatic carbocycles. The Labute approximate surface area is 151 Å². The molecule has 2 atom stereocenters. The van der Waals surface area contributed by atoms with Gasteiger partial charge in [0.15, 0.2) is 4.77 Å². The molecule has 3 rings (SSSR count). The predicted molar refractivity (Wildman–Crippen MR) is 96.2 cm³/mol. The highest BCUT2D eigenvalue weighted by atomic mass is 32.1. The molecular weight excluding hydrogens is 339 g/mol. The van der Waals surface area contributed by atoms with Crippen LogP contribution in [0.5, 0.6) is 0 Å². The van der Waals surface area contributed by atoms with Crippen molar-refractivity contribution < 1.29 is 9.18 Å². The highest BCUT2D eigenvalue weighted by molar-refractivity contribution is 7.71. The zero-order valence-corrected chi connectivity index (χ0v) is 15.3. The van der Waals surface area contributed by atoms with E-state index >= 15 is 0 Å². The Bertz CT molecular complexity index is 829. The zero-order valence-electron chi connectivity index (χ0n) is 14.5. The first kappa shape index (κ1) is 17.8. The minimum Gasteiger partial charge on any atom is -0.347 e. The van der Waals surface area contributed by atoms with Crippen LogP contribution in [0.3, 0.4) is 0 Å². The summed E-state index contributed by atoms with van der Waals surface area (Å²) in [5.41, 5.74) is 1.61. The van der Waals surface area contributed by atoms with Crippen molar-refractivity contribution in [3.8, 4) is 0 Å². The topological polar surface area (TPSA) is 62.7 Å². The molecule has 1 aromatic heterocycles. The molecular formula is C18H23FN4OS. The summed E-state index contributed by atoms with van der Waals surface area (Å²) in [5, 5.41) is 10.0. The molecule has 25 heavy (non-hydrogen) atoms. The minimum absolute atomic E-state index is 0.124. The summed E-state index contributed by atoms with van der Waals surface area (Å²) in [5.74, 6) is 0.714. The van der Waals surface area contributed by atoms with Crippen LogP contribution >= 0.6 is 12.2 Å². The number of nitrogens with zero attached hydrogens (tertiary/aromatic N) is 2. The molecule has 2 aromatic rings. The average molecular weight is 362 g/mol. The summed E-state index contributed by atoms with van der Waals surface area (Å²) < 4.78 is 16.2. The molecule has 2 N–H and O–H groups in total. The fourth-order valence-electron chi connectivity index (χ4n) is 3.49. The first-order chi connectivity index (χ1) is 12.0. The van der Waals surface area contributed by atoms with Crippen molar-refractivity contribution in [2.45, 2.75) is 52.1 Å². The second-order valence-electron chi connectivity index (χ2n) is 6.65. The van der Waals surface area contributed by atoms with Gasteiger partial charge in [0.2, 0.25) is 5.91 Å². The van der Waals surface area contributed by atoms with E-state index in [0.29, 0.717) is 11.2 Å². The third kappa shape index (κ3) is 3.66. The maximum absolute atomic E-state index is 14.1. The number of fused-ring (bicyclic) bond motifs is 1. The average Bonchev–Trinajstić information content (AvgIpc) is 2.91. The van der Waals surface area contributed by atoms with Gasteiger partial charge in [-0.25, -0.2) is 4.39 Å². The summed E-state index contributed by atoms with van der Waals surface area (Å²) in [6.45, 7) is 4.26. The normalized spacial score (nSPS) is 19.5. The van der Waals surface area contributed by atoms with Crippen LogP contribution in [0.25, 0.3) is 0 Å². The summed E-state index contributed by atoms with van der Waals surface area (Å²) >= 11 is 5.23. The zero-order chi connectivity index (χ0) is 18.0. The van der Waals surface area contributed by atoms with Crippen LogP contribution < -0.4 is 5.32 Å². The number of aromatic amines is 1. The van der Waals surface area contributed by atoms with Crippen LogP contribution in [0, 0.1) is 16.5 Å². The summed E-state index contributed by atoms with van der Waals surface area (Å²) in [6.07, 6.45) is 3.25. The summed E-state index contributed by atoms with van der Waals surface area (Å²) in [4.78, 5) is 12.6. The molecule has 7 heteroatoms. The molecule has 0 fully saturated rings. The number of aryl methyl sites for hydroxylation is 1. The Kier molecular flexibility index (Phi) is 5.32. The van der Waals surface area contributed by atoms with Crippen LogP contribution in [0.1, 0.15) is 49.7 Å². The lowest BCUT2D eigenvalue weighted by atomic mass is 9.80. The van der Waals surface area contributed by atoms with Gasteiger partial charge in [0.05, 0.1) is 6.04 Å². The molecule has 5 nitrogen and oxygen atoms in total. The molecule has 1 heterocycles. The van der Waals surface area contributed by atoms with E-state index in [-0.39, 0.29) is 30.2 Å². The van der Waals surface area contributed by atoms with Crippen LogP contribution in [-0.2, 0) is 24.2 Å². The Hall–Kier alpha value is -2.02. The molecule has 0 saturated carbocycles. The van der Waals surface area contributed by atoms with Crippen molar-refractivity contribution in [3.05, 3.63) is 45.7 Å². The number of aromatic nitrogens is 3. The van der Waals surface area contributed by atoms with Gasteiger partial charge in [-0.2, -0.15) is 5.10 Å². The molecule has 0 aliphatic heterocycles. The number of hydrogen-bond donors (Lipinski definition) is 2. The van der Waals surface area contributed by atoms with Crippen molar-refractivity contribution in [3.63, 3.8) is 0 Å². The predicted octanol–water partition coefficient (Wildman–Crippen LogP) is 3.47. The van der Waals surface area contributed by atoms with Crippen LogP contribution in [0.4, 0.5) is 4.39 Å². The van der Waals surface area contributed by atoms with Gasteiger partial charge < -0.3 is 5.32 Å². The molecule has 0 saturated heterocycles. The Morgan fingerprint density at radius 3 is 3.08 bits per heavy atom. The number of carbonyl (C=O) groups excluding carboxylic acids is 1. The molecule has 0 spiro atoms. The SMILES string of the molecule is CCCc1n[nH]c(=S)n1CC(=O)N[C@H]1c2cccc(F)c2CC[C@H]1C. The lowest BCUT2D eigenvalue weighted by Crippen LogP contribution is -2.37. The number of halogens is 1. The van der Waals surface area contributed by atoms with Crippen LogP contribution in [0.15, 0.2) is 18.2 Å². The standard InChI is InChI=1S/C18H23FN4OS/c1-3-5-15-21-22-18(25)23(15)10-16(24)20-17-11(2)8-9-12-13(17)6-4-7-14(12)19/h4,6-7,11,17H,3,5,8-10H2,1-2H3,(H,20,24)(H,22,25)/t11-,17-/m1/s1. The first-order valence-electron chi connectivity index (χ1n) is 8.72. The number of amides is 1. The summed E-state index contributed by atoms with van der Waals surface area (Å²) in [6, 6.07) is 4.92. The van der Waals surface area contributed by atoms with Gasteiger partial charge in [-0.1, -0.05) is 26.0 Å². The number of nitrogens with one attached hydrogen (secondary N) is 2. The molecule has 1 amide bonds. The highest BCUT2D eigenvalue weighted by Crippen LogP contribution is 2.35. The largest absolute Gasteiger partial charge is 0.347 e. The van der Waals surface area contributed by atoms with Crippen molar-refractivity contribution in [2.75, 3.05) is 0 Å². The van der Waals surface area contributed by atoms with Gasteiger partial charge in [0, 0.05) is 6.42 Å². The maximum Gasteiger partial charge on any atom is 0.240 e. The van der Waals surface area contributed by atoms with E-state index in [0.717, 1.165) is 36.2 Å². The fraction of sp³-hybridized carbons (Fsp3) is 0.500. The third-order valence-electron chi connectivity index (χ3n) is 4.84.